The van der Waals surface area contributed by atoms with E-state index in [1.807, 2.05) is 38.1 Å². The molecule has 0 aliphatic rings. The monoisotopic (exact) mass is 375 g/mol. The molecular weight excluding hydrogens is 358 g/mol. The summed E-state index contributed by atoms with van der Waals surface area (Å²) in [5, 5.41) is 4.94. The largest absolute Gasteiger partial charge is 0.266 e. The lowest BCUT2D eigenvalue weighted by Gasteiger charge is -2.08. The molecule has 1 aromatic heterocycles. The summed E-state index contributed by atoms with van der Waals surface area (Å²) in [5.74, 6) is 0.284. The van der Waals surface area contributed by atoms with Crippen molar-refractivity contribution in [2.45, 2.75) is 25.3 Å². The normalized spacial score (nSPS) is 11.5. The Hall–Kier alpha value is -2.31. The van der Waals surface area contributed by atoms with Crippen LogP contribution in [0, 0.1) is 13.8 Å². The Labute approximate surface area is 152 Å². The van der Waals surface area contributed by atoms with Gasteiger partial charge in [0.25, 0.3) is 10.0 Å². The zero-order chi connectivity index (χ0) is 18.0. The summed E-state index contributed by atoms with van der Waals surface area (Å²) in [5.41, 5.74) is 3.00. The Kier molecular flexibility index (Phi) is 4.83. The van der Waals surface area contributed by atoms with Crippen molar-refractivity contribution < 1.29 is 8.42 Å². The standard InChI is InChI=1S/C18H18ClN3O2S/c1-13-3-8-17(11-14(13)2)25(23,24)21-18-9-10-22(20-18)12-15-4-6-16(19)7-5-15/h3-11H,12H2,1-2H3,(H,20,21). The van der Waals surface area contributed by atoms with Gasteiger partial charge >= 0.3 is 0 Å². The molecule has 0 unspecified atom stereocenters. The Morgan fingerprint density at radius 1 is 1.04 bits per heavy atom. The Morgan fingerprint density at radius 2 is 1.76 bits per heavy atom. The molecule has 3 rings (SSSR count). The second-order valence-corrected chi connectivity index (χ2v) is 8.00. The molecule has 1 heterocycles. The van der Waals surface area contributed by atoms with Gasteiger partial charge in [-0.05, 0) is 54.8 Å². The van der Waals surface area contributed by atoms with Crippen LogP contribution in [-0.2, 0) is 16.6 Å². The van der Waals surface area contributed by atoms with E-state index in [-0.39, 0.29) is 10.7 Å². The minimum Gasteiger partial charge on any atom is -0.266 e. The Bertz CT molecular complexity index is 995. The van der Waals surface area contributed by atoms with E-state index >= 15 is 0 Å². The molecule has 0 aliphatic heterocycles. The average molecular weight is 376 g/mol. The topological polar surface area (TPSA) is 64.0 Å². The molecule has 0 fully saturated rings. The number of aryl methyl sites for hydroxylation is 2. The van der Waals surface area contributed by atoms with Gasteiger partial charge in [-0.3, -0.25) is 9.40 Å². The molecular formula is C18H18ClN3O2S. The molecule has 0 aliphatic carbocycles. The van der Waals surface area contributed by atoms with E-state index < -0.39 is 10.0 Å². The molecule has 0 amide bonds. The highest BCUT2D eigenvalue weighted by atomic mass is 35.5. The van der Waals surface area contributed by atoms with E-state index in [4.69, 9.17) is 11.6 Å². The lowest BCUT2D eigenvalue weighted by Crippen LogP contribution is -2.14. The van der Waals surface area contributed by atoms with Gasteiger partial charge in [0.15, 0.2) is 5.82 Å². The van der Waals surface area contributed by atoms with Crippen LogP contribution >= 0.6 is 11.6 Å². The lowest BCUT2D eigenvalue weighted by molar-refractivity contribution is 0.600. The fraction of sp³-hybridized carbons (Fsp3) is 0.167. The maximum Gasteiger partial charge on any atom is 0.263 e. The maximum atomic E-state index is 12.5. The van der Waals surface area contributed by atoms with Gasteiger partial charge in [0.2, 0.25) is 0 Å². The molecule has 130 valence electrons. The van der Waals surface area contributed by atoms with Crippen LogP contribution in [0.1, 0.15) is 16.7 Å². The van der Waals surface area contributed by atoms with Crippen molar-refractivity contribution in [3.63, 3.8) is 0 Å². The first-order valence-corrected chi connectivity index (χ1v) is 9.57. The fourth-order valence-corrected chi connectivity index (χ4v) is 3.57. The number of hydrogen-bond acceptors (Lipinski definition) is 3. The van der Waals surface area contributed by atoms with Gasteiger partial charge < -0.3 is 0 Å². The molecule has 0 saturated heterocycles. The van der Waals surface area contributed by atoms with Crippen LogP contribution in [0.15, 0.2) is 59.6 Å². The summed E-state index contributed by atoms with van der Waals surface area (Å²) in [4.78, 5) is 0.225. The fourth-order valence-electron chi connectivity index (χ4n) is 2.36. The van der Waals surface area contributed by atoms with Gasteiger partial charge in [0.05, 0.1) is 11.4 Å². The van der Waals surface area contributed by atoms with E-state index in [0.717, 1.165) is 16.7 Å². The van der Waals surface area contributed by atoms with Gasteiger partial charge in [-0.25, -0.2) is 8.42 Å². The molecule has 1 N–H and O–H groups in total. The molecule has 0 bridgehead atoms. The first kappa shape index (κ1) is 17.5. The van der Waals surface area contributed by atoms with Crippen molar-refractivity contribution >= 4 is 27.4 Å². The number of anilines is 1. The van der Waals surface area contributed by atoms with Crippen molar-refractivity contribution in [1.82, 2.24) is 9.78 Å². The second kappa shape index (κ2) is 6.90. The number of rotatable bonds is 5. The number of sulfonamides is 1. The number of hydrogen-bond donors (Lipinski definition) is 1. The molecule has 25 heavy (non-hydrogen) atoms. The molecule has 5 nitrogen and oxygen atoms in total. The predicted octanol–water partition coefficient (Wildman–Crippen LogP) is 4.00. The van der Waals surface area contributed by atoms with Gasteiger partial charge in [-0.1, -0.05) is 29.8 Å². The maximum absolute atomic E-state index is 12.5. The summed E-state index contributed by atoms with van der Waals surface area (Å²) in [6, 6.07) is 14.1. The van der Waals surface area contributed by atoms with Crippen LogP contribution in [0.25, 0.3) is 0 Å². The number of aromatic nitrogens is 2. The van der Waals surface area contributed by atoms with E-state index in [1.54, 1.807) is 35.1 Å². The number of benzene rings is 2. The molecule has 3 aromatic rings. The van der Waals surface area contributed by atoms with Crippen molar-refractivity contribution in [3.8, 4) is 0 Å². The van der Waals surface area contributed by atoms with Crippen molar-refractivity contribution in [2.24, 2.45) is 0 Å². The molecule has 0 radical (unpaired) electrons. The van der Waals surface area contributed by atoms with Gasteiger partial charge in [-0.2, -0.15) is 5.10 Å². The molecule has 0 atom stereocenters. The van der Waals surface area contributed by atoms with Crippen LogP contribution in [0.5, 0.6) is 0 Å². The minimum atomic E-state index is -3.66. The van der Waals surface area contributed by atoms with Crippen molar-refractivity contribution in [2.75, 3.05) is 4.72 Å². The number of nitrogens with zero attached hydrogens (tertiary/aromatic N) is 2. The zero-order valence-electron chi connectivity index (χ0n) is 13.9. The van der Waals surface area contributed by atoms with Crippen molar-refractivity contribution in [1.29, 1.82) is 0 Å². The molecule has 7 heteroatoms. The molecule has 0 saturated carbocycles. The first-order valence-electron chi connectivity index (χ1n) is 7.71. The molecule has 2 aromatic carbocycles. The third-order valence-corrected chi connectivity index (χ3v) is 5.53. The summed E-state index contributed by atoms with van der Waals surface area (Å²) >= 11 is 5.87. The van der Waals surface area contributed by atoms with Crippen molar-refractivity contribution in [3.05, 3.63) is 76.4 Å². The highest BCUT2D eigenvalue weighted by molar-refractivity contribution is 7.92. The van der Waals surface area contributed by atoms with Gasteiger partial charge in [0, 0.05) is 17.3 Å². The van der Waals surface area contributed by atoms with Crippen LogP contribution < -0.4 is 4.72 Å². The minimum absolute atomic E-state index is 0.225. The average Bonchev–Trinajstić information content (AvgIpc) is 2.98. The number of halogens is 1. The smallest absolute Gasteiger partial charge is 0.263 e. The van der Waals surface area contributed by atoms with Crippen LogP contribution in [0.4, 0.5) is 5.82 Å². The van der Waals surface area contributed by atoms with Crippen LogP contribution in [-0.4, -0.2) is 18.2 Å². The summed E-state index contributed by atoms with van der Waals surface area (Å²) in [6.07, 6.45) is 1.73. The predicted molar refractivity (Wildman–Crippen MR) is 99.5 cm³/mol. The van der Waals surface area contributed by atoms with Crippen LogP contribution in [0.3, 0.4) is 0 Å². The van der Waals surface area contributed by atoms with Gasteiger partial charge in [0.1, 0.15) is 0 Å². The summed E-state index contributed by atoms with van der Waals surface area (Å²) in [7, 11) is -3.66. The quantitative estimate of drug-likeness (QED) is 0.733. The zero-order valence-corrected chi connectivity index (χ0v) is 15.5. The first-order chi connectivity index (χ1) is 11.8. The lowest BCUT2D eigenvalue weighted by atomic mass is 10.1. The van der Waals surface area contributed by atoms with E-state index in [9.17, 15) is 8.42 Å². The van der Waals surface area contributed by atoms with E-state index in [1.165, 1.54) is 0 Å². The third-order valence-electron chi connectivity index (χ3n) is 3.93. The number of nitrogens with one attached hydrogen (secondary N) is 1. The second-order valence-electron chi connectivity index (χ2n) is 5.88. The highest BCUT2D eigenvalue weighted by Crippen LogP contribution is 2.18. The highest BCUT2D eigenvalue weighted by Gasteiger charge is 2.16. The van der Waals surface area contributed by atoms with Gasteiger partial charge in [-0.15, -0.1) is 0 Å². The summed E-state index contributed by atoms with van der Waals surface area (Å²) in [6.45, 7) is 4.36. The third kappa shape index (κ3) is 4.21. The van der Waals surface area contributed by atoms with E-state index in [2.05, 4.69) is 9.82 Å². The van der Waals surface area contributed by atoms with E-state index in [0.29, 0.717) is 11.6 Å². The summed E-state index contributed by atoms with van der Waals surface area (Å²) < 4.78 is 29.2. The van der Waals surface area contributed by atoms with Crippen LogP contribution in [0.2, 0.25) is 5.02 Å². The SMILES string of the molecule is Cc1ccc(S(=O)(=O)Nc2ccn(Cc3ccc(Cl)cc3)n2)cc1C. The Balaban J connectivity index is 1.75. The Morgan fingerprint density at radius 3 is 2.44 bits per heavy atom. The molecule has 0 spiro atoms.